The molecule has 2 aromatic carbocycles. The molecule has 166 valence electrons. The normalized spacial score (nSPS) is 18.3. The van der Waals surface area contributed by atoms with Crippen molar-refractivity contribution in [1.82, 2.24) is 4.90 Å². The number of aliphatic imine (C=N–C) groups is 1. The molecule has 0 spiro atoms. The second-order valence-corrected chi connectivity index (χ2v) is 9.91. The molecule has 0 atom stereocenters. The fourth-order valence-electron chi connectivity index (χ4n) is 3.79. The average molecular weight is 451 g/mol. The van der Waals surface area contributed by atoms with Gasteiger partial charge in [0.25, 0.3) is 11.6 Å². The summed E-state index contributed by atoms with van der Waals surface area (Å²) in [6.45, 7) is 9.08. The van der Waals surface area contributed by atoms with Crippen LogP contribution in [0.2, 0.25) is 0 Å². The number of piperazine rings is 1. The smallest absolute Gasteiger partial charge is 0.292 e. The predicted octanol–water partition coefficient (Wildman–Crippen LogP) is 4.68. The Kier molecular flexibility index (Phi) is 6.06. The number of thioether (sulfide) groups is 1. The van der Waals surface area contributed by atoms with E-state index in [2.05, 4.69) is 42.8 Å². The summed E-state index contributed by atoms with van der Waals surface area (Å²) in [6, 6.07) is 15.1. The molecule has 0 bridgehead atoms. The lowest BCUT2D eigenvalue weighted by Gasteiger charge is -2.36. The number of hydrogen-bond acceptors (Lipinski definition) is 6. The molecule has 7 nitrogen and oxygen atoms in total. The number of para-hydroxylation sites is 2. The first-order chi connectivity index (χ1) is 15.2. The molecule has 8 heteroatoms. The van der Waals surface area contributed by atoms with E-state index in [0.29, 0.717) is 41.9 Å². The van der Waals surface area contributed by atoms with Gasteiger partial charge in [-0.25, -0.2) is 0 Å². The molecular formula is C24H26N4O3S. The van der Waals surface area contributed by atoms with Crippen LogP contribution in [0.5, 0.6) is 0 Å². The van der Waals surface area contributed by atoms with Gasteiger partial charge in [-0.1, -0.05) is 57.2 Å². The van der Waals surface area contributed by atoms with Crippen molar-refractivity contribution in [2.24, 2.45) is 4.99 Å². The number of hydrogen-bond donors (Lipinski definition) is 0. The van der Waals surface area contributed by atoms with Crippen molar-refractivity contribution in [2.45, 2.75) is 26.2 Å². The standard InChI is InChI=1S/C24H26N4O3S/c1-24(2,3)18-10-8-17(9-11-18)16-21-22(29)25-23(32-21)27-14-12-26(13-15-27)19-6-4-5-7-20(19)28(30)31/h4-11,16H,12-15H2,1-3H3/b21-16+. The van der Waals surface area contributed by atoms with Gasteiger partial charge in [-0.15, -0.1) is 0 Å². The summed E-state index contributed by atoms with van der Waals surface area (Å²) in [5.74, 6) is -0.217. The number of nitro benzene ring substituents is 1. The summed E-state index contributed by atoms with van der Waals surface area (Å²) in [7, 11) is 0. The summed E-state index contributed by atoms with van der Waals surface area (Å²) >= 11 is 1.40. The largest absolute Gasteiger partial charge is 0.362 e. The summed E-state index contributed by atoms with van der Waals surface area (Å²) in [4.78, 5) is 32.4. The molecule has 32 heavy (non-hydrogen) atoms. The number of amidine groups is 1. The summed E-state index contributed by atoms with van der Waals surface area (Å²) < 4.78 is 0. The third-order valence-electron chi connectivity index (χ3n) is 5.65. The Balaban J connectivity index is 1.41. The Morgan fingerprint density at radius 2 is 1.62 bits per heavy atom. The maximum atomic E-state index is 12.5. The van der Waals surface area contributed by atoms with Gasteiger partial charge in [0.2, 0.25) is 0 Å². The van der Waals surface area contributed by atoms with Gasteiger partial charge < -0.3 is 9.80 Å². The number of amides is 1. The molecule has 0 aliphatic carbocycles. The minimum atomic E-state index is -0.345. The molecule has 0 aromatic heterocycles. The highest BCUT2D eigenvalue weighted by Gasteiger charge is 2.30. The van der Waals surface area contributed by atoms with Gasteiger partial charge >= 0.3 is 0 Å². The molecule has 0 unspecified atom stereocenters. The third-order valence-corrected chi connectivity index (χ3v) is 6.70. The van der Waals surface area contributed by atoms with E-state index in [-0.39, 0.29) is 21.9 Å². The Morgan fingerprint density at radius 3 is 2.25 bits per heavy atom. The zero-order valence-corrected chi connectivity index (χ0v) is 19.3. The zero-order valence-electron chi connectivity index (χ0n) is 18.4. The lowest BCUT2D eigenvalue weighted by atomic mass is 9.87. The Hall–Kier alpha value is -3.13. The first kappa shape index (κ1) is 22.1. The SMILES string of the molecule is CC(C)(C)c1ccc(/C=C2/SC(N3CCN(c4ccccc4[N+](=O)[O-])CC3)=NC2=O)cc1. The minimum absolute atomic E-state index is 0.0855. The minimum Gasteiger partial charge on any atom is -0.362 e. The van der Waals surface area contributed by atoms with Crippen molar-refractivity contribution in [3.05, 3.63) is 74.7 Å². The van der Waals surface area contributed by atoms with Crippen LogP contribution in [0.15, 0.2) is 58.4 Å². The van der Waals surface area contributed by atoms with E-state index in [4.69, 9.17) is 0 Å². The monoisotopic (exact) mass is 450 g/mol. The third kappa shape index (κ3) is 4.70. The molecule has 0 radical (unpaired) electrons. The summed E-state index contributed by atoms with van der Waals surface area (Å²) in [5.41, 5.74) is 3.06. The van der Waals surface area contributed by atoms with E-state index < -0.39 is 0 Å². The Morgan fingerprint density at radius 1 is 1.00 bits per heavy atom. The van der Waals surface area contributed by atoms with Crippen molar-refractivity contribution < 1.29 is 9.72 Å². The van der Waals surface area contributed by atoms with Crippen LogP contribution in [0, 0.1) is 10.1 Å². The van der Waals surface area contributed by atoms with Gasteiger partial charge in [0.05, 0.1) is 9.83 Å². The molecule has 1 saturated heterocycles. The number of anilines is 1. The molecule has 1 amide bonds. The Bertz CT molecular complexity index is 1090. The number of carbonyl (C=O) groups is 1. The van der Waals surface area contributed by atoms with Crippen LogP contribution in [-0.4, -0.2) is 47.1 Å². The summed E-state index contributed by atoms with van der Waals surface area (Å²) in [6.07, 6.45) is 1.89. The lowest BCUT2D eigenvalue weighted by Crippen LogP contribution is -2.48. The highest BCUT2D eigenvalue weighted by molar-refractivity contribution is 8.18. The fourth-order valence-corrected chi connectivity index (χ4v) is 4.75. The van der Waals surface area contributed by atoms with Crippen molar-refractivity contribution in [3.8, 4) is 0 Å². The lowest BCUT2D eigenvalue weighted by molar-refractivity contribution is -0.384. The van der Waals surface area contributed by atoms with E-state index in [1.807, 2.05) is 29.2 Å². The van der Waals surface area contributed by atoms with Crippen LogP contribution in [0.25, 0.3) is 6.08 Å². The first-order valence-corrected chi connectivity index (χ1v) is 11.4. The van der Waals surface area contributed by atoms with Gasteiger partial charge in [0.1, 0.15) is 5.69 Å². The highest BCUT2D eigenvalue weighted by atomic mass is 32.2. The molecular weight excluding hydrogens is 424 g/mol. The Labute approximate surface area is 192 Å². The first-order valence-electron chi connectivity index (χ1n) is 10.6. The molecule has 0 saturated carbocycles. The van der Waals surface area contributed by atoms with Crippen molar-refractivity contribution in [1.29, 1.82) is 0 Å². The van der Waals surface area contributed by atoms with E-state index in [1.165, 1.54) is 23.4 Å². The fraction of sp³-hybridized carbons (Fsp3) is 0.333. The second kappa shape index (κ2) is 8.78. The van der Waals surface area contributed by atoms with Crippen LogP contribution in [0.4, 0.5) is 11.4 Å². The number of rotatable bonds is 3. The van der Waals surface area contributed by atoms with Crippen LogP contribution >= 0.6 is 11.8 Å². The van der Waals surface area contributed by atoms with Crippen LogP contribution in [0.1, 0.15) is 31.9 Å². The molecule has 2 aromatic rings. The molecule has 0 N–H and O–H groups in total. The quantitative estimate of drug-likeness (QED) is 0.384. The maximum Gasteiger partial charge on any atom is 0.292 e. The van der Waals surface area contributed by atoms with Crippen molar-refractivity contribution >= 4 is 40.3 Å². The topological polar surface area (TPSA) is 79.1 Å². The van der Waals surface area contributed by atoms with E-state index in [9.17, 15) is 14.9 Å². The molecule has 2 heterocycles. The molecule has 4 rings (SSSR count). The van der Waals surface area contributed by atoms with Gasteiger partial charge in [0, 0.05) is 32.2 Å². The zero-order chi connectivity index (χ0) is 22.9. The number of nitrogens with zero attached hydrogens (tertiary/aromatic N) is 4. The van der Waals surface area contributed by atoms with Gasteiger partial charge in [-0.3, -0.25) is 14.9 Å². The van der Waals surface area contributed by atoms with E-state index >= 15 is 0 Å². The number of carbonyl (C=O) groups excluding carboxylic acids is 1. The highest BCUT2D eigenvalue weighted by Crippen LogP contribution is 2.33. The van der Waals surface area contributed by atoms with Crippen LogP contribution < -0.4 is 4.90 Å². The molecule has 1 fully saturated rings. The van der Waals surface area contributed by atoms with E-state index in [1.54, 1.807) is 12.1 Å². The number of nitro groups is 1. The molecule has 2 aliphatic heterocycles. The number of benzene rings is 2. The van der Waals surface area contributed by atoms with Gasteiger partial charge in [0.15, 0.2) is 5.17 Å². The maximum absolute atomic E-state index is 12.5. The summed E-state index contributed by atoms with van der Waals surface area (Å²) in [5, 5.41) is 12.0. The van der Waals surface area contributed by atoms with Gasteiger partial charge in [-0.05, 0) is 40.4 Å². The van der Waals surface area contributed by atoms with E-state index in [0.717, 1.165) is 5.56 Å². The van der Waals surface area contributed by atoms with Crippen LogP contribution in [-0.2, 0) is 10.2 Å². The van der Waals surface area contributed by atoms with Crippen molar-refractivity contribution in [2.75, 3.05) is 31.1 Å². The van der Waals surface area contributed by atoms with Crippen molar-refractivity contribution in [3.63, 3.8) is 0 Å². The second-order valence-electron chi connectivity index (χ2n) is 8.90. The average Bonchev–Trinajstić information content (AvgIpc) is 3.14. The molecule has 2 aliphatic rings. The van der Waals surface area contributed by atoms with Crippen LogP contribution in [0.3, 0.4) is 0 Å². The predicted molar refractivity (Wildman–Crippen MR) is 130 cm³/mol. The van der Waals surface area contributed by atoms with Gasteiger partial charge in [-0.2, -0.15) is 4.99 Å².